The molecule has 3 rings (SSSR count). The molecule has 0 amide bonds. The van der Waals surface area contributed by atoms with Crippen molar-refractivity contribution in [2.24, 2.45) is 0 Å². The minimum absolute atomic E-state index is 0.554. The van der Waals surface area contributed by atoms with E-state index < -0.39 is 5.60 Å². The van der Waals surface area contributed by atoms with Crippen molar-refractivity contribution in [2.45, 2.75) is 30.6 Å². The summed E-state index contributed by atoms with van der Waals surface area (Å²) in [5, 5.41) is 14.2. The summed E-state index contributed by atoms with van der Waals surface area (Å²) in [6, 6.07) is 10.2. The van der Waals surface area contributed by atoms with E-state index in [0.29, 0.717) is 11.7 Å². The highest BCUT2D eigenvalue weighted by Crippen LogP contribution is 2.37. The molecule has 1 aliphatic rings. The molecule has 0 bridgehead atoms. The highest BCUT2D eigenvalue weighted by molar-refractivity contribution is 8.00. The molecule has 1 N–H and O–H groups in total. The third-order valence-corrected chi connectivity index (χ3v) is 5.69. The van der Waals surface area contributed by atoms with Crippen LogP contribution >= 0.6 is 23.1 Å². The molecule has 1 aliphatic heterocycles. The van der Waals surface area contributed by atoms with Crippen LogP contribution in [0.5, 0.6) is 0 Å². The Kier molecular flexibility index (Phi) is 3.65. The van der Waals surface area contributed by atoms with Crippen molar-refractivity contribution in [3.8, 4) is 11.3 Å². The Balaban J connectivity index is 1.75. The second-order valence-corrected chi connectivity index (χ2v) is 7.59. The third-order valence-electron chi connectivity index (χ3n) is 3.41. The molecule has 0 saturated carbocycles. The maximum absolute atomic E-state index is 10.5. The molecule has 4 heteroatoms. The topological polar surface area (TPSA) is 33.1 Å². The molecule has 2 atom stereocenters. The molecule has 100 valence electrons. The summed E-state index contributed by atoms with van der Waals surface area (Å²) in [5.74, 6) is 0.828. The molecule has 2 unspecified atom stereocenters. The van der Waals surface area contributed by atoms with E-state index >= 15 is 0 Å². The number of thioether (sulfide) groups is 1. The Bertz CT molecular complexity index is 554. The fourth-order valence-electron chi connectivity index (χ4n) is 2.49. The minimum Gasteiger partial charge on any atom is -0.389 e. The second kappa shape index (κ2) is 5.27. The van der Waals surface area contributed by atoms with E-state index in [0.717, 1.165) is 28.4 Å². The summed E-state index contributed by atoms with van der Waals surface area (Å²) in [6.45, 7) is 2.18. The second-order valence-electron chi connectivity index (χ2n) is 5.22. The van der Waals surface area contributed by atoms with Gasteiger partial charge in [-0.1, -0.05) is 37.3 Å². The van der Waals surface area contributed by atoms with E-state index in [2.05, 4.69) is 29.4 Å². The van der Waals surface area contributed by atoms with Gasteiger partial charge in [0.05, 0.1) is 16.3 Å². The quantitative estimate of drug-likeness (QED) is 0.938. The van der Waals surface area contributed by atoms with Crippen LogP contribution < -0.4 is 0 Å². The molecule has 1 fully saturated rings. The molecule has 1 saturated heterocycles. The van der Waals surface area contributed by atoms with Gasteiger partial charge in [0.1, 0.15) is 0 Å². The lowest BCUT2D eigenvalue weighted by molar-refractivity contribution is 0.0642. The molecule has 0 aliphatic carbocycles. The summed E-state index contributed by atoms with van der Waals surface area (Å²) in [6.07, 6.45) is 1.56. The SMILES string of the molecule is CC1CC(O)(Cc2nc(-c3ccccc3)cs2)CS1. The van der Waals surface area contributed by atoms with Crippen LogP contribution in [0.15, 0.2) is 35.7 Å². The summed E-state index contributed by atoms with van der Waals surface area (Å²) in [7, 11) is 0. The van der Waals surface area contributed by atoms with Crippen LogP contribution in [0.1, 0.15) is 18.4 Å². The van der Waals surface area contributed by atoms with Gasteiger partial charge in [-0.05, 0) is 6.42 Å². The van der Waals surface area contributed by atoms with Gasteiger partial charge in [0.15, 0.2) is 0 Å². The van der Waals surface area contributed by atoms with E-state index in [1.54, 1.807) is 11.3 Å². The van der Waals surface area contributed by atoms with Crippen LogP contribution in [0.2, 0.25) is 0 Å². The highest BCUT2D eigenvalue weighted by atomic mass is 32.2. The number of nitrogens with zero attached hydrogens (tertiary/aromatic N) is 1. The predicted octanol–water partition coefficient (Wildman–Crippen LogP) is 3.61. The molecule has 1 aromatic heterocycles. The normalized spacial score (nSPS) is 26.7. The molecule has 2 nitrogen and oxygen atoms in total. The third kappa shape index (κ3) is 3.02. The highest BCUT2D eigenvalue weighted by Gasteiger charge is 2.36. The molecule has 2 heterocycles. The van der Waals surface area contributed by atoms with Crippen LogP contribution in [0.3, 0.4) is 0 Å². The van der Waals surface area contributed by atoms with Crippen LogP contribution in [0, 0.1) is 0 Å². The Morgan fingerprint density at radius 3 is 2.84 bits per heavy atom. The van der Waals surface area contributed by atoms with Crippen molar-refractivity contribution >= 4 is 23.1 Å². The van der Waals surface area contributed by atoms with E-state index in [9.17, 15) is 5.11 Å². The average molecular weight is 291 g/mol. The van der Waals surface area contributed by atoms with Crippen LogP contribution in [-0.4, -0.2) is 26.7 Å². The van der Waals surface area contributed by atoms with Crippen molar-refractivity contribution in [2.75, 3.05) is 5.75 Å². The van der Waals surface area contributed by atoms with Crippen LogP contribution in [0.4, 0.5) is 0 Å². The lowest BCUT2D eigenvalue weighted by Crippen LogP contribution is -2.31. The Hall–Kier alpha value is -0.840. The van der Waals surface area contributed by atoms with Gasteiger partial charge in [-0.2, -0.15) is 11.8 Å². The number of aromatic nitrogens is 1. The summed E-state index contributed by atoms with van der Waals surface area (Å²) >= 11 is 3.50. The first-order valence-electron chi connectivity index (χ1n) is 6.48. The van der Waals surface area contributed by atoms with Crippen molar-refractivity contribution in [1.29, 1.82) is 0 Å². The molecule has 1 aromatic carbocycles. The lowest BCUT2D eigenvalue weighted by Gasteiger charge is -2.19. The van der Waals surface area contributed by atoms with E-state index in [-0.39, 0.29) is 0 Å². The van der Waals surface area contributed by atoms with Gasteiger partial charge < -0.3 is 5.11 Å². The number of hydrogen-bond donors (Lipinski definition) is 1. The van der Waals surface area contributed by atoms with Gasteiger partial charge in [-0.15, -0.1) is 11.3 Å². The fourth-order valence-corrected chi connectivity index (χ4v) is 4.67. The average Bonchev–Trinajstić information content (AvgIpc) is 2.98. The maximum Gasteiger partial charge on any atom is 0.0961 e. The summed E-state index contributed by atoms with van der Waals surface area (Å²) in [4.78, 5) is 4.66. The lowest BCUT2D eigenvalue weighted by atomic mass is 9.97. The Morgan fingerprint density at radius 2 is 2.16 bits per heavy atom. The monoisotopic (exact) mass is 291 g/mol. The standard InChI is InChI=1S/C15H17NOS2/c1-11-7-15(17,10-19-11)8-14-16-13(9-18-14)12-5-3-2-4-6-12/h2-6,9,11,17H,7-8,10H2,1H3. The van der Waals surface area contributed by atoms with E-state index in [4.69, 9.17) is 0 Å². The zero-order valence-electron chi connectivity index (χ0n) is 10.9. The number of hydrogen-bond acceptors (Lipinski definition) is 4. The smallest absolute Gasteiger partial charge is 0.0961 e. The number of benzene rings is 1. The zero-order valence-corrected chi connectivity index (χ0v) is 12.5. The van der Waals surface area contributed by atoms with Crippen molar-refractivity contribution in [3.05, 3.63) is 40.7 Å². The first kappa shape index (κ1) is 13.2. The van der Waals surface area contributed by atoms with Gasteiger partial charge in [0.2, 0.25) is 0 Å². The number of aliphatic hydroxyl groups is 1. The number of rotatable bonds is 3. The predicted molar refractivity (Wildman–Crippen MR) is 82.7 cm³/mol. The molecule has 19 heavy (non-hydrogen) atoms. The van der Waals surface area contributed by atoms with Gasteiger partial charge in [-0.3, -0.25) is 0 Å². The number of thiazole rings is 1. The minimum atomic E-state index is -0.560. The van der Waals surface area contributed by atoms with Gasteiger partial charge in [0.25, 0.3) is 0 Å². The fraction of sp³-hybridized carbons (Fsp3) is 0.400. The van der Waals surface area contributed by atoms with Gasteiger partial charge in [0, 0.05) is 28.4 Å². The van der Waals surface area contributed by atoms with Crippen LogP contribution in [-0.2, 0) is 6.42 Å². The molecule has 0 radical (unpaired) electrons. The summed E-state index contributed by atoms with van der Waals surface area (Å²) < 4.78 is 0. The largest absolute Gasteiger partial charge is 0.389 e. The summed E-state index contributed by atoms with van der Waals surface area (Å²) in [5.41, 5.74) is 1.60. The molecular weight excluding hydrogens is 274 g/mol. The van der Waals surface area contributed by atoms with Crippen molar-refractivity contribution in [1.82, 2.24) is 4.98 Å². The van der Waals surface area contributed by atoms with E-state index in [1.165, 1.54) is 0 Å². The molecule has 2 aromatic rings. The van der Waals surface area contributed by atoms with Crippen molar-refractivity contribution < 1.29 is 5.11 Å². The van der Waals surface area contributed by atoms with Gasteiger partial charge >= 0.3 is 0 Å². The molecule has 0 spiro atoms. The Morgan fingerprint density at radius 1 is 1.37 bits per heavy atom. The Labute approximate surface area is 121 Å². The maximum atomic E-state index is 10.5. The zero-order chi connectivity index (χ0) is 13.3. The van der Waals surface area contributed by atoms with E-state index in [1.807, 2.05) is 30.0 Å². The first-order chi connectivity index (χ1) is 9.15. The first-order valence-corrected chi connectivity index (χ1v) is 8.41. The van der Waals surface area contributed by atoms with Crippen LogP contribution in [0.25, 0.3) is 11.3 Å². The molecular formula is C15H17NOS2. The van der Waals surface area contributed by atoms with Gasteiger partial charge in [-0.25, -0.2) is 4.98 Å². The van der Waals surface area contributed by atoms with Crippen molar-refractivity contribution in [3.63, 3.8) is 0 Å².